The van der Waals surface area contributed by atoms with Crippen LogP contribution in [0.2, 0.25) is 0 Å². The van der Waals surface area contributed by atoms with E-state index in [1.165, 1.54) is 11.3 Å². The van der Waals surface area contributed by atoms with Crippen molar-refractivity contribution in [1.82, 2.24) is 4.98 Å². The van der Waals surface area contributed by atoms with E-state index in [1.807, 2.05) is 42.5 Å². The van der Waals surface area contributed by atoms with Gasteiger partial charge in [0.2, 0.25) is 0 Å². The maximum Gasteiger partial charge on any atom is 0.151 e. The van der Waals surface area contributed by atoms with E-state index in [0.29, 0.717) is 5.82 Å². The molecule has 3 nitrogen and oxygen atoms in total. The minimum Gasteiger partial charge on any atom is -0.506 e. The van der Waals surface area contributed by atoms with Gasteiger partial charge in [0.25, 0.3) is 0 Å². The first-order valence-corrected chi connectivity index (χ1v) is 6.32. The van der Waals surface area contributed by atoms with Gasteiger partial charge >= 0.3 is 0 Å². The third-order valence-electron chi connectivity index (χ3n) is 2.56. The quantitative estimate of drug-likeness (QED) is 0.708. The highest BCUT2D eigenvalue weighted by Gasteiger charge is 2.08. The lowest BCUT2D eigenvalue weighted by atomic mass is 10.2. The minimum absolute atomic E-state index is 0.287. The van der Waals surface area contributed by atoms with Gasteiger partial charge in [0.1, 0.15) is 5.75 Å². The number of benzene rings is 1. The number of pyridine rings is 1. The summed E-state index contributed by atoms with van der Waals surface area (Å²) in [6.45, 7) is 0. The fourth-order valence-corrected chi connectivity index (χ4v) is 2.66. The summed E-state index contributed by atoms with van der Waals surface area (Å²) in [6, 6.07) is 13.3. The fraction of sp³-hybridized carbons (Fsp3) is 0. The zero-order chi connectivity index (χ0) is 12.4. The zero-order valence-corrected chi connectivity index (χ0v) is 10.3. The highest BCUT2D eigenvalue weighted by Crippen LogP contribution is 2.35. The van der Waals surface area contributed by atoms with E-state index in [-0.39, 0.29) is 5.75 Å². The number of aliphatic imine (C=N–C) groups is 1. The van der Waals surface area contributed by atoms with Gasteiger partial charge in [-0.3, -0.25) is 0 Å². The van der Waals surface area contributed by atoms with E-state index in [9.17, 15) is 5.11 Å². The molecule has 1 N–H and O–H groups in total. The Morgan fingerprint density at radius 1 is 1.11 bits per heavy atom. The average Bonchev–Trinajstić information content (AvgIpc) is 2.75. The van der Waals surface area contributed by atoms with Crippen LogP contribution in [0.15, 0.2) is 53.7 Å². The first kappa shape index (κ1) is 10.9. The van der Waals surface area contributed by atoms with Crippen molar-refractivity contribution in [2.24, 2.45) is 4.99 Å². The summed E-state index contributed by atoms with van der Waals surface area (Å²) in [7, 11) is 0. The van der Waals surface area contributed by atoms with Gasteiger partial charge in [-0.25, -0.2) is 9.98 Å². The molecule has 0 fully saturated rings. The summed E-state index contributed by atoms with van der Waals surface area (Å²) in [5, 5.41) is 10.9. The average molecular weight is 254 g/mol. The molecule has 18 heavy (non-hydrogen) atoms. The SMILES string of the molecule is Oc1c(/C=N/c2ccccn2)sc2ccccc12. The predicted octanol–water partition coefficient (Wildman–Crippen LogP) is 3.75. The van der Waals surface area contributed by atoms with Crippen molar-refractivity contribution in [3.05, 3.63) is 53.5 Å². The van der Waals surface area contributed by atoms with Crippen LogP contribution in [0.3, 0.4) is 0 Å². The second kappa shape index (κ2) is 4.58. The van der Waals surface area contributed by atoms with Crippen molar-refractivity contribution in [2.75, 3.05) is 0 Å². The maximum atomic E-state index is 10.1. The van der Waals surface area contributed by atoms with Crippen LogP contribution in [-0.4, -0.2) is 16.3 Å². The Kier molecular flexibility index (Phi) is 2.78. The van der Waals surface area contributed by atoms with E-state index in [2.05, 4.69) is 9.98 Å². The minimum atomic E-state index is 0.287. The van der Waals surface area contributed by atoms with E-state index >= 15 is 0 Å². The summed E-state index contributed by atoms with van der Waals surface area (Å²) in [6.07, 6.45) is 3.35. The smallest absolute Gasteiger partial charge is 0.151 e. The van der Waals surface area contributed by atoms with E-state index < -0.39 is 0 Å². The Bertz CT molecular complexity index is 704. The molecule has 1 aromatic carbocycles. The third-order valence-corrected chi connectivity index (χ3v) is 3.65. The van der Waals surface area contributed by atoms with Crippen molar-refractivity contribution in [3.8, 4) is 5.75 Å². The molecule has 0 aliphatic heterocycles. The number of fused-ring (bicyclic) bond motifs is 1. The highest BCUT2D eigenvalue weighted by atomic mass is 32.1. The molecule has 3 rings (SSSR count). The molecule has 88 valence electrons. The maximum absolute atomic E-state index is 10.1. The number of hydrogen-bond acceptors (Lipinski definition) is 4. The Hall–Kier alpha value is -2.20. The molecule has 0 unspecified atom stereocenters. The van der Waals surface area contributed by atoms with Crippen molar-refractivity contribution < 1.29 is 5.11 Å². The number of hydrogen-bond donors (Lipinski definition) is 1. The molecule has 0 aliphatic rings. The van der Waals surface area contributed by atoms with Crippen LogP contribution >= 0.6 is 11.3 Å². The number of aromatic hydroxyl groups is 1. The molecule has 0 spiro atoms. The second-order valence-electron chi connectivity index (χ2n) is 3.76. The molecule has 0 amide bonds. The van der Waals surface area contributed by atoms with Crippen molar-refractivity contribution >= 4 is 33.5 Å². The van der Waals surface area contributed by atoms with Gasteiger partial charge in [0.15, 0.2) is 5.82 Å². The summed E-state index contributed by atoms with van der Waals surface area (Å²) in [4.78, 5) is 9.10. The molecule has 4 heteroatoms. The van der Waals surface area contributed by atoms with Crippen LogP contribution in [0, 0.1) is 0 Å². The molecule has 0 saturated heterocycles. The Labute approximate surface area is 108 Å². The van der Waals surface area contributed by atoms with Crippen molar-refractivity contribution in [2.45, 2.75) is 0 Å². The Morgan fingerprint density at radius 3 is 2.72 bits per heavy atom. The first-order chi connectivity index (χ1) is 8.84. The van der Waals surface area contributed by atoms with E-state index in [4.69, 9.17) is 0 Å². The van der Waals surface area contributed by atoms with Crippen LogP contribution < -0.4 is 0 Å². The van der Waals surface area contributed by atoms with Crippen LogP contribution in [0.4, 0.5) is 5.82 Å². The molecule has 2 aromatic heterocycles. The lowest BCUT2D eigenvalue weighted by Gasteiger charge is -1.91. The van der Waals surface area contributed by atoms with Gasteiger partial charge in [-0.15, -0.1) is 11.3 Å². The highest BCUT2D eigenvalue weighted by molar-refractivity contribution is 7.21. The largest absolute Gasteiger partial charge is 0.506 e. The van der Waals surface area contributed by atoms with Gasteiger partial charge in [0.05, 0.1) is 11.1 Å². The van der Waals surface area contributed by atoms with Crippen molar-refractivity contribution in [3.63, 3.8) is 0 Å². The van der Waals surface area contributed by atoms with Gasteiger partial charge < -0.3 is 5.11 Å². The summed E-state index contributed by atoms with van der Waals surface area (Å²) >= 11 is 1.52. The molecule has 0 saturated carbocycles. The van der Waals surface area contributed by atoms with E-state index in [1.54, 1.807) is 12.4 Å². The fourth-order valence-electron chi connectivity index (χ4n) is 1.69. The van der Waals surface area contributed by atoms with Gasteiger partial charge in [-0.1, -0.05) is 18.2 Å². The monoisotopic (exact) mass is 254 g/mol. The van der Waals surface area contributed by atoms with Crippen LogP contribution in [0.1, 0.15) is 4.88 Å². The van der Waals surface area contributed by atoms with Gasteiger partial charge in [0, 0.05) is 16.3 Å². The lowest BCUT2D eigenvalue weighted by Crippen LogP contribution is -1.76. The predicted molar refractivity (Wildman–Crippen MR) is 75.0 cm³/mol. The summed E-state index contributed by atoms with van der Waals surface area (Å²) in [5.41, 5.74) is 0. The zero-order valence-electron chi connectivity index (χ0n) is 9.45. The van der Waals surface area contributed by atoms with Gasteiger partial charge in [-0.2, -0.15) is 0 Å². The molecule has 3 aromatic rings. The molecular weight excluding hydrogens is 244 g/mol. The lowest BCUT2D eigenvalue weighted by molar-refractivity contribution is 0.483. The van der Waals surface area contributed by atoms with Crippen LogP contribution in [0.25, 0.3) is 10.1 Å². The van der Waals surface area contributed by atoms with Crippen LogP contribution in [-0.2, 0) is 0 Å². The number of aromatic nitrogens is 1. The van der Waals surface area contributed by atoms with E-state index in [0.717, 1.165) is 15.0 Å². The summed E-state index contributed by atoms with van der Waals surface area (Å²) in [5.74, 6) is 0.921. The molecule has 0 atom stereocenters. The standard InChI is InChI=1S/C14H10N2OS/c17-14-10-5-1-2-6-11(10)18-12(14)9-16-13-7-3-4-8-15-13/h1-9,17H/b16-9+. The number of nitrogens with zero attached hydrogens (tertiary/aromatic N) is 2. The molecule has 2 heterocycles. The first-order valence-electron chi connectivity index (χ1n) is 5.50. The number of thiophene rings is 1. The molecule has 0 bridgehead atoms. The van der Waals surface area contributed by atoms with Gasteiger partial charge in [-0.05, 0) is 24.3 Å². The third kappa shape index (κ3) is 1.98. The topological polar surface area (TPSA) is 45.5 Å². The van der Waals surface area contributed by atoms with Crippen LogP contribution in [0.5, 0.6) is 5.75 Å². The molecule has 0 aliphatic carbocycles. The normalized spacial score (nSPS) is 11.3. The second-order valence-corrected chi connectivity index (χ2v) is 4.84. The van der Waals surface area contributed by atoms with Crippen molar-refractivity contribution in [1.29, 1.82) is 0 Å². The number of rotatable bonds is 2. The Morgan fingerprint density at radius 2 is 1.94 bits per heavy atom. The Balaban J connectivity index is 2.00. The molecular formula is C14H10N2OS. The summed E-state index contributed by atoms with van der Waals surface area (Å²) < 4.78 is 1.05. The molecule has 0 radical (unpaired) electrons.